The highest BCUT2D eigenvalue weighted by atomic mass is 32.1. The van der Waals surface area contributed by atoms with Crippen LogP contribution in [0.25, 0.3) is 10.2 Å². The Kier molecular flexibility index (Phi) is 2.58. The highest BCUT2D eigenvalue weighted by Gasteiger charge is 2.12. The van der Waals surface area contributed by atoms with E-state index in [2.05, 4.69) is 38.9 Å². The van der Waals surface area contributed by atoms with Gasteiger partial charge in [0.15, 0.2) is 0 Å². The summed E-state index contributed by atoms with van der Waals surface area (Å²) in [6.45, 7) is 0. The summed E-state index contributed by atoms with van der Waals surface area (Å²) in [5.74, 6) is 0.978. The number of hydrogen-bond acceptors (Lipinski definition) is 4. The van der Waals surface area contributed by atoms with Gasteiger partial charge in [-0.1, -0.05) is 12.2 Å². The van der Waals surface area contributed by atoms with Gasteiger partial charge in [0.05, 0.1) is 5.39 Å². The largest absolute Gasteiger partial charge is 0.366 e. The van der Waals surface area contributed by atoms with E-state index >= 15 is 0 Å². The van der Waals surface area contributed by atoms with E-state index in [0.717, 1.165) is 28.9 Å². The van der Waals surface area contributed by atoms with E-state index in [9.17, 15) is 0 Å². The third kappa shape index (κ3) is 1.80. The van der Waals surface area contributed by atoms with Gasteiger partial charge in [-0.05, 0) is 30.7 Å². The normalized spacial score (nSPS) is 20.1. The summed E-state index contributed by atoms with van der Waals surface area (Å²) in [6.07, 6.45) is 9.57. The van der Waals surface area contributed by atoms with E-state index in [0.29, 0.717) is 6.04 Å². The molecule has 0 fully saturated rings. The number of nitrogens with zero attached hydrogens (tertiary/aromatic N) is 2. The van der Waals surface area contributed by atoms with Crippen molar-refractivity contribution in [1.82, 2.24) is 9.97 Å². The SMILES string of the molecule is C1=CCC(Nc2ncnc3sccc23)CC1. The number of anilines is 1. The van der Waals surface area contributed by atoms with Gasteiger partial charge >= 0.3 is 0 Å². The molecule has 3 rings (SSSR count). The van der Waals surface area contributed by atoms with Crippen LogP contribution in [0.3, 0.4) is 0 Å². The summed E-state index contributed by atoms with van der Waals surface area (Å²) in [7, 11) is 0. The standard InChI is InChI=1S/C12H13N3S/c1-2-4-9(5-3-1)15-11-10-6-7-16-12(10)14-8-13-11/h1-2,6-9H,3-5H2,(H,13,14,15). The number of nitrogens with one attached hydrogen (secondary N) is 1. The fourth-order valence-electron chi connectivity index (χ4n) is 2.02. The number of thiophene rings is 1. The molecule has 0 amide bonds. The van der Waals surface area contributed by atoms with Gasteiger partial charge in [0.1, 0.15) is 17.0 Å². The summed E-state index contributed by atoms with van der Waals surface area (Å²) in [6, 6.07) is 2.60. The number of allylic oxidation sites excluding steroid dienone is 1. The molecule has 4 heteroatoms. The molecule has 2 aromatic rings. The zero-order valence-corrected chi connectivity index (χ0v) is 9.70. The third-order valence-electron chi connectivity index (χ3n) is 2.87. The molecule has 0 aromatic carbocycles. The molecule has 3 nitrogen and oxygen atoms in total. The average Bonchev–Trinajstić information content (AvgIpc) is 2.80. The molecule has 0 saturated carbocycles. The predicted molar refractivity (Wildman–Crippen MR) is 67.8 cm³/mol. The number of rotatable bonds is 2. The fourth-order valence-corrected chi connectivity index (χ4v) is 2.76. The lowest BCUT2D eigenvalue weighted by Crippen LogP contribution is -2.21. The van der Waals surface area contributed by atoms with E-state index in [-0.39, 0.29) is 0 Å². The summed E-state index contributed by atoms with van der Waals surface area (Å²) < 4.78 is 0. The van der Waals surface area contributed by atoms with Crippen LogP contribution in [-0.4, -0.2) is 16.0 Å². The van der Waals surface area contributed by atoms with Crippen LogP contribution < -0.4 is 5.32 Å². The monoisotopic (exact) mass is 231 g/mol. The minimum atomic E-state index is 0.517. The van der Waals surface area contributed by atoms with Gasteiger partial charge in [0.2, 0.25) is 0 Å². The van der Waals surface area contributed by atoms with E-state index in [1.165, 1.54) is 6.42 Å². The minimum absolute atomic E-state index is 0.517. The van der Waals surface area contributed by atoms with E-state index in [1.807, 2.05) is 0 Å². The molecule has 0 saturated heterocycles. The van der Waals surface area contributed by atoms with Crippen LogP contribution in [0.1, 0.15) is 19.3 Å². The molecule has 1 aliphatic rings. The predicted octanol–water partition coefficient (Wildman–Crippen LogP) is 3.21. The zero-order valence-electron chi connectivity index (χ0n) is 8.89. The van der Waals surface area contributed by atoms with Crippen molar-refractivity contribution in [2.75, 3.05) is 5.32 Å². The lowest BCUT2D eigenvalue weighted by Gasteiger charge is -2.20. The molecule has 1 atom stereocenters. The maximum atomic E-state index is 4.33. The zero-order chi connectivity index (χ0) is 10.8. The van der Waals surface area contributed by atoms with Crippen molar-refractivity contribution in [3.05, 3.63) is 29.9 Å². The Morgan fingerprint density at radius 2 is 2.31 bits per heavy atom. The van der Waals surface area contributed by atoms with Crippen LogP contribution >= 0.6 is 11.3 Å². The topological polar surface area (TPSA) is 37.8 Å². The first-order valence-electron chi connectivity index (χ1n) is 5.53. The van der Waals surface area contributed by atoms with E-state index in [4.69, 9.17) is 0 Å². The van der Waals surface area contributed by atoms with Crippen LogP contribution in [0.4, 0.5) is 5.82 Å². The van der Waals surface area contributed by atoms with Crippen molar-refractivity contribution >= 4 is 27.4 Å². The second-order valence-electron chi connectivity index (χ2n) is 3.99. The maximum absolute atomic E-state index is 4.33. The molecule has 16 heavy (non-hydrogen) atoms. The maximum Gasteiger partial charge on any atom is 0.138 e. The second kappa shape index (κ2) is 4.22. The first-order valence-corrected chi connectivity index (χ1v) is 6.41. The van der Waals surface area contributed by atoms with Gasteiger partial charge < -0.3 is 5.32 Å². The van der Waals surface area contributed by atoms with Gasteiger partial charge in [-0.3, -0.25) is 0 Å². The molecular weight excluding hydrogens is 218 g/mol. The van der Waals surface area contributed by atoms with Crippen molar-refractivity contribution in [2.24, 2.45) is 0 Å². The molecule has 82 valence electrons. The molecule has 1 aliphatic carbocycles. The Balaban J connectivity index is 1.88. The molecule has 1 N–H and O–H groups in total. The van der Waals surface area contributed by atoms with Gasteiger partial charge in [0, 0.05) is 6.04 Å². The van der Waals surface area contributed by atoms with Crippen LogP contribution in [0.2, 0.25) is 0 Å². The van der Waals surface area contributed by atoms with Crippen LogP contribution in [0.15, 0.2) is 29.9 Å². The first kappa shape index (κ1) is 9.78. The van der Waals surface area contributed by atoms with E-state index in [1.54, 1.807) is 17.7 Å². The summed E-state index contributed by atoms with van der Waals surface area (Å²) in [5.41, 5.74) is 0. The van der Waals surface area contributed by atoms with Crippen molar-refractivity contribution in [1.29, 1.82) is 0 Å². The van der Waals surface area contributed by atoms with Crippen LogP contribution in [0.5, 0.6) is 0 Å². The van der Waals surface area contributed by atoms with Crippen LogP contribution in [-0.2, 0) is 0 Å². The molecule has 0 aliphatic heterocycles. The highest BCUT2D eigenvalue weighted by molar-refractivity contribution is 7.16. The van der Waals surface area contributed by atoms with E-state index < -0.39 is 0 Å². The molecule has 0 spiro atoms. The summed E-state index contributed by atoms with van der Waals surface area (Å²) >= 11 is 1.66. The smallest absolute Gasteiger partial charge is 0.138 e. The Morgan fingerprint density at radius 1 is 1.31 bits per heavy atom. The second-order valence-corrected chi connectivity index (χ2v) is 4.88. The molecule has 0 radical (unpaired) electrons. The highest BCUT2D eigenvalue weighted by Crippen LogP contribution is 2.25. The first-order chi connectivity index (χ1) is 7.93. The van der Waals surface area contributed by atoms with Crippen LogP contribution in [0, 0.1) is 0 Å². The van der Waals surface area contributed by atoms with Crippen molar-refractivity contribution in [3.63, 3.8) is 0 Å². The molecule has 1 unspecified atom stereocenters. The Morgan fingerprint density at radius 3 is 3.19 bits per heavy atom. The third-order valence-corrected chi connectivity index (χ3v) is 3.69. The Labute approximate surface area is 98.2 Å². The van der Waals surface area contributed by atoms with Gasteiger partial charge in [-0.25, -0.2) is 9.97 Å². The fraction of sp³-hybridized carbons (Fsp3) is 0.333. The van der Waals surface area contributed by atoms with Crippen molar-refractivity contribution in [3.8, 4) is 0 Å². The quantitative estimate of drug-likeness (QED) is 0.806. The molecule has 0 bridgehead atoms. The van der Waals surface area contributed by atoms with Crippen molar-refractivity contribution in [2.45, 2.75) is 25.3 Å². The molecule has 2 heterocycles. The van der Waals surface area contributed by atoms with Gasteiger partial charge in [-0.2, -0.15) is 0 Å². The number of fused-ring (bicyclic) bond motifs is 1. The lowest BCUT2D eigenvalue weighted by atomic mass is 10.0. The summed E-state index contributed by atoms with van der Waals surface area (Å²) in [5, 5.41) is 6.72. The average molecular weight is 231 g/mol. The lowest BCUT2D eigenvalue weighted by molar-refractivity contribution is 0.643. The number of hydrogen-bond donors (Lipinski definition) is 1. The number of aromatic nitrogens is 2. The van der Waals surface area contributed by atoms with Gasteiger partial charge in [-0.15, -0.1) is 11.3 Å². The van der Waals surface area contributed by atoms with Gasteiger partial charge in [0.25, 0.3) is 0 Å². The minimum Gasteiger partial charge on any atom is -0.366 e. The Bertz CT molecular complexity index is 518. The van der Waals surface area contributed by atoms with Crippen molar-refractivity contribution < 1.29 is 0 Å². The molecular formula is C12H13N3S. The Hall–Kier alpha value is -1.42. The molecule has 2 aromatic heterocycles. The summed E-state index contributed by atoms with van der Waals surface area (Å²) in [4.78, 5) is 9.64.